The second kappa shape index (κ2) is 9.13. The topological polar surface area (TPSA) is 102 Å². The van der Waals surface area contributed by atoms with Gasteiger partial charge in [0.15, 0.2) is 5.16 Å². The highest BCUT2D eigenvalue weighted by molar-refractivity contribution is 7.99. The maximum Gasteiger partial charge on any atom is 0.254 e. The molecule has 0 aliphatic carbocycles. The summed E-state index contributed by atoms with van der Waals surface area (Å²) in [7, 11) is 1.51. The number of aryl methyl sites for hydroxylation is 1. The number of amides is 2. The number of rotatable bonds is 7. The van der Waals surface area contributed by atoms with Crippen LogP contribution >= 0.6 is 11.8 Å². The highest BCUT2D eigenvalue weighted by atomic mass is 32.2. The number of hydrogen-bond acceptors (Lipinski definition) is 6. The van der Waals surface area contributed by atoms with Crippen LogP contribution in [0.1, 0.15) is 38.4 Å². The first-order valence-electron chi connectivity index (χ1n) is 9.42. The Morgan fingerprint density at radius 1 is 1.31 bits per heavy atom. The van der Waals surface area contributed by atoms with Crippen LogP contribution in [0, 0.1) is 0 Å². The molecule has 8 nitrogen and oxygen atoms in total. The van der Waals surface area contributed by atoms with Crippen molar-refractivity contribution in [2.75, 3.05) is 23.5 Å². The van der Waals surface area contributed by atoms with Crippen LogP contribution in [-0.2, 0) is 16.0 Å². The molecule has 0 bridgehead atoms. The minimum absolute atomic E-state index is 0.119. The van der Waals surface area contributed by atoms with Gasteiger partial charge < -0.3 is 15.4 Å². The Labute approximate surface area is 173 Å². The Morgan fingerprint density at radius 2 is 2.10 bits per heavy atom. The van der Waals surface area contributed by atoms with E-state index in [9.17, 15) is 14.4 Å². The first-order chi connectivity index (χ1) is 13.9. The Kier molecular flexibility index (Phi) is 6.58. The van der Waals surface area contributed by atoms with Crippen molar-refractivity contribution < 1.29 is 14.3 Å². The highest BCUT2D eigenvalue weighted by Gasteiger charge is 2.28. The van der Waals surface area contributed by atoms with Crippen LogP contribution in [0.15, 0.2) is 34.2 Å². The van der Waals surface area contributed by atoms with Gasteiger partial charge in [0.2, 0.25) is 11.8 Å². The van der Waals surface area contributed by atoms with Crippen molar-refractivity contribution in [1.82, 2.24) is 9.55 Å². The number of ether oxygens (including phenoxy) is 1. The van der Waals surface area contributed by atoms with Crippen LogP contribution < -0.4 is 20.9 Å². The normalized spacial score (nSPS) is 14.9. The average Bonchev–Trinajstić information content (AvgIpc) is 3.04. The molecule has 0 saturated heterocycles. The lowest BCUT2D eigenvalue weighted by Gasteiger charge is -2.15. The number of carbonyl (C=O) groups excluding carboxylic acids is 2. The third kappa shape index (κ3) is 4.97. The number of benzene rings is 1. The molecule has 154 valence electrons. The number of aromatic nitrogens is 2. The molecule has 1 atom stereocenters. The molecule has 0 saturated carbocycles. The van der Waals surface area contributed by atoms with Crippen molar-refractivity contribution in [2.45, 2.75) is 44.3 Å². The zero-order valence-corrected chi connectivity index (χ0v) is 17.5. The van der Waals surface area contributed by atoms with Crippen LogP contribution in [0.25, 0.3) is 0 Å². The second-order valence-corrected chi connectivity index (χ2v) is 7.79. The van der Waals surface area contributed by atoms with E-state index < -0.39 is 0 Å². The molecule has 2 amide bonds. The fraction of sp³-hybridized carbons (Fsp3) is 0.400. The number of hydrogen-bond donors (Lipinski definition) is 2. The third-order valence-electron chi connectivity index (χ3n) is 4.46. The lowest BCUT2D eigenvalue weighted by atomic mass is 10.2. The number of nitrogens with zero attached hydrogens (tertiary/aromatic N) is 2. The van der Waals surface area contributed by atoms with E-state index in [0.29, 0.717) is 28.0 Å². The van der Waals surface area contributed by atoms with Crippen molar-refractivity contribution in [3.8, 4) is 5.75 Å². The predicted molar refractivity (Wildman–Crippen MR) is 113 cm³/mol. The van der Waals surface area contributed by atoms with Crippen LogP contribution in [0.3, 0.4) is 0 Å². The summed E-state index contributed by atoms with van der Waals surface area (Å²) in [5, 5.41) is 6.17. The summed E-state index contributed by atoms with van der Waals surface area (Å²) in [6.45, 7) is 3.46. The van der Waals surface area contributed by atoms with Crippen molar-refractivity contribution in [3.63, 3.8) is 0 Å². The number of anilines is 2. The van der Waals surface area contributed by atoms with E-state index in [2.05, 4.69) is 15.6 Å². The van der Waals surface area contributed by atoms with E-state index in [1.807, 2.05) is 6.92 Å². The van der Waals surface area contributed by atoms with Gasteiger partial charge in [-0.2, -0.15) is 0 Å². The minimum atomic E-state index is -0.254. The second-order valence-electron chi connectivity index (χ2n) is 6.80. The van der Waals surface area contributed by atoms with Gasteiger partial charge in [-0.05, 0) is 24.6 Å². The van der Waals surface area contributed by atoms with Gasteiger partial charge in [-0.25, -0.2) is 4.98 Å². The SMILES string of the molecule is CCCc1cc(=O)n2c(n1)SCC2CC(=O)Nc1cc(NC(C)=O)ccc1OC. The quantitative estimate of drug-likeness (QED) is 0.673. The molecule has 1 aromatic heterocycles. The molecule has 1 aliphatic heterocycles. The zero-order chi connectivity index (χ0) is 21.0. The van der Waals surface area contributed by atoms with Gasteiger partial charge in [-0.3, -0.25) is 19.0 Å². The minimum Gasteiger partial charge on any atom is -0.495 e. The highest BCUT2D eigenvalue weighted by Crippen LogP contribution is 2.33. The molecule has 2 heterocycles. The monoisotopic (exact) mass is 416 g/mol. The molecule has 0 radical (unpaired) electrons. The molecule has 0 spiro atoms. The number of carbonyl (C=O) groups is 2. The lowest BCUT2D eigenvalue weighted by molar-refractivity contribution is -0.117. The van der Waals surface area contributed by atoms with E-state index in [4.69, 9.17) is 4.74 Å². The fourth-order valence-corrected chi connectivity index (χ4v) is 4.40. The van der Waals surface area contributed by atoms with Gasteiger partial charge in [0, 0.05) is 36.5 Å². The molecule has 29 heavy (non-hydrogen) atoms. The molecule has 0 fully saturated rings. The molecular formula is C20H24N4O4S. The van der Waals surface area contributed by atoms with E-state index in [1.54, 1.807) is 28.8 Å². The predicted octanol–water partition coefficient (Wildman–Crippen LogP) is 2.84. The average molecular weight is 417 g/mol. The van der Waals surface area contributed by atoms with Crippen molar-refractivity contribution in [3.05, 3.63) is 40.3 Å². The molecule has 1 unspecified atom stereocenters. The Balaban J connectivity index is 1.75. The Morgan fingerprint density at radius 3 is 2.79 bits per heavy atom. The third-order valence-corrected chi connectivity index (χ3v) is 5.56. The van der Waals surface area contributed by atoms with Gasteiger partial charge in [-0.15, -0.1) is 0 Å². The van der Waals surface area contributed by atoms with E-state index in [1.165, 1.54) is 25.8 Å². The fourth-order valence-electron chi connectivity index (χ4n) is 3.23. The summed E-state index contributed by atoms with van der Waals surface area (Å²) in [4.78, 5) is 41.0. The van der Waals surface area contributed by atoms with E-state index in [-0.39, 0.29) is 29.8 Å². The van der Waals surface area contributed by atoms with Crippen LogP contribution in [0.5, 0.6) is 5.75 Å². The summed E-state index contributed by atoms with van der Waals surface area (Å²) in [5.74, 6) is 0.651. The number of methoxy groups -OCH3 is 1. The molecule has 9 heteroatoms. The molecule has 1 aliphatic rings. The zero-order valence-electron chi connectivity index (χ0n) is 16.7. The summed E-state index contributed by atoms with van der Waals surface area (Å²) in [5.41, 5.74) is 1.69. The van der Waals surface area contributed by atoms with E-state index in [0.717, 1.165) is 18.5 Å². The van der Waals surface area contributed by atoms with Crippen LogP contribution in [0.2, 0.25) is 0 Å². The van der Waals surface area contributed by atoms with Crippen molar-refractivity contribution in [1.29, 1.82) is 0 Å². The number of nitrogens with one attached hydrogen (secondary N) is 2. The maximum atomic E-state index is 12.7. The molecule has 2 aromatic rings. The van der Waals surface area contributed by atoms with E-state index >= 15 is 0 Å². The standard InChI is InChI=1S/C20H24N4O4S/c1-4-5-13-9-19(27)24-15(11-29-20(24)22-13)10-18(26)23-16-8-14(21-12(2)25)6-7-17(16)28-3/h6-9,15H,4-5,10-11H2,1-3H3,(H,21,25)(H,23,26). The number of fused-ring (bicyclic) bond motifs is 1. The summed E-state index contributed by atoms with van der Waals surface area (Å²) >= 11 is 1.50. The van der Waals surface area contributed by atoms with Gasteiger partial charge in [0.05, 0.1) is 18.8 Å². The van der Waals surface area contributed by atoms with Gasteiger partial charge >= 0.3 is 0 Å². The summed E-state index contributed by atoms with van der Waals surface area (Å²) < 4.78 is 6.90. The molecule has 2 N–H and O–H groups in total. The smallest absolute Gasteiger partial charge is 0.254 e. The largest absolute Gasteiger partial charge is 0.495 e. The lowest BCUT2D eigenvalue weighted by Crippen LogP contribution is -2.27. The maximum absolute atomic E-state index is 12.7. The van der Waals surface area contributed by atoms with Crippen LogP contribution in [0.4, 0.5) is 11.4 Å². The van der Waals surface area contributed by atoms with Gasteiger partial charge in [-0.1, -0.05) is 25.1 Å². The van der Waals surface area contributed by atoms with Crippen molar-refractivity contribution >= 4 is 35.0 Å². The molecule has 1 aromatic carbocycles. The van der Waals surface area contributed by atoms with Crippen molar-refractivity contribution in [2.24, 2.45) is 0 Å². The van der Waals surface area contributed by atoms with Crippen LogP contribution in [-0.4, -0.2) is 34.2 Å². The first-order valence-corrected chi connectivity index (χ1v) is 10.4. The molecule has 3 rings (SSSR count). The summed E-state index contributed by atoms with van der Waals surface area (Å²) in [6, 6.07) is 6.31. The Hall–Kier alpha value is -2.81. The van der Waals surface area contributed by atoms with Gasteiger partial charge in [0.1, 0.15) is 5.75 Å². The molecular weight excluding hydrogens is 392 g/mol. The Bertz CT molecular complexity index is 989. The first kappa shape index (κ1) is 20.9. The summed E-state index contributed by atoms with van der Waals surface area (Å²) in [6.07, 6.45) is 1.83. The van der Waals surface area contributed by atoms with Gasteiger partial charge in [0.25, 0.3) is 5.56 Å². The number of thioether (sulfide) groups is 1.